The number of furan rings is 1. The first-order valence-corrected chi connectivity index (χ1v) is 13.5. The Hall–Kier alpha value is -5.36. The molecule has 0 unspecified atom stereocenters. The highest BCUT2D eigenvalue weighted by atomic mass is 19.4. The van der Waals surface area contributed by atoms with Crippen molar-refractivity contribution in [2.75, 3.05) is 0 Å². The Kier molecular flexibility index (Phi) is 5.28. The molecule has 0 aliphatic heterocycles. The third kappa shape index (κ3) is 3.79. The Morgan fingerprint density at radius 3 is 1.93 bits per heavy atom. The van der Waals surface area contributed by atoms with Crippen LogP contribution in [0.1, 0.15) is 5.56 Å². The van der Waals surface area contributed by atoms with Crippen molar-refractivity contribution in [1.29, 1.82) is 0 Å². The molecule has 0 aliphatic rings. The Balaban J connectivity index is 1.39. The lowest BCUT2D eigenvalue weighted by Gasteiger charge is -2.14. The second kappa shape index (κ2) is 9.08. The SMILES string of the molecule is FC(F)(F)c1ccc(-n2c(-c3ccc(-c4ccc5occc5c4)cc3)nc3c4ccccc4c4ccccc4c32)cc1. The maximum Gasteiger partial charge on any atom is 0.416 e. The summed E-state index contributed by atoms with van der Waals surface area (Å²) in [6.07, 6.45) is -2.74. The fraction of sp³-hybridized carbons (Fsp3) is 0.0278. The molecular weight excluding hydrogens is 533 g/mol. The molecule has 0 atom stereocenters. The number of imidazole rings is 1. The van der Waals surface area contributed by atoms with Crippen molar-refractivity contribution in [3.8, 4) is 28.2 Å². The molecule has 0 N–H and O–H groups in total. The normalized spacial score (nSPS) is 12.2. The van der Waals surface area contributed by atoms with Crippen molar-refractivity contribution in [3.63, 3.8) is 0 Å². The van der Waals surface area contributed by atoms with Crippen LogP contribution in [0.2, 0.25) is 0 Å². The van der Waals surface area contributed by atoms with E-state index in [1.165, 1.54) is 12.1 Å². The van der Waals surface area contributed by atoms with Crippen molar-refractivity contribution >= 4 is 43.5 Å². The fourth-order valence-corrected chi connectivity index (χ4v) is 5.91. The molecule has 2 aromatic heterocycles. The molecule has 0 saturated heterocycles. The third-order valence-corrected chi connectivity index (χ3v) is 7.91. The largest absolute Gasteiger partial charge is 0.464 e. The summed E-state index contributed by atoms with van der Waals surface area (Å²) in [7, 11) is 0. The van der Waals surface area contributed by atoms with E-state index in [1.807, 2.05) is 83.4 Å². The maximum absolute atomic E-state index is 13.5. The van der Waals surface area contributed by atoms with E-state index >= 15 is 0 Å². The van der Waals surface area contributed by atoms with E-state index in [2.05, 4.69) is 18.2 Å². The smallest absolute Gasteiger partial charge is 0.416 e. The molecule has 0 bridgehead atoms. The summed E-state index contributed by atoms with van der Waals surface area (Å²) in [5.74, 6) is 0.656. The van der Waals surface area contributed by atoms with Crippen LogP contribution in [0.25, 0.3) is 71.7 Å². The average molecular weight is 555 g/mol. The third-order valence-electron chi connectivity index (χ3n) is 7.91. The Morgan fingerprint density at radius 2 is 1.21 bits per heavy atom. The van der Waals surface area contributed by atoms with E-state index in [0.717, 1.165) is 72.4 Å². The average Bonchev–Trinajstić information content (AvgIpc) is 3.66. The Morgan fingerprint density at radius 1 is 0.595 bits per heavy atom. The number of aromatic nitrogens is 2. The van der Waals surface area contributed by atoms with Gasteiger partial charge in [0.1, 0.15) is 11.4 Å². The zero-order chi connectivity index (χ0) is 28.4. The van der Waals surface area contributed by atoms with Gasteiger partial charge < -0.3 is 4.42 Å². The topological polar surface area (TPSA) is 31.0 Å². The fourth-order valence-electron chi connectivity index (χ4n) is 5.91. The number of halogens is 3. The van der Waals surface area contributed by atoms with Crippen LogP contribution >= 0.6 is 0 Å². The van der Waals surface area contributed by atoms with Gasteiger partial charge in [-0.1, -0.05) is 78.9 Å². The first-order valence-electron chi connectivity index (χ1n) is 13.5. The molecule has 0 spiro atoms. The first-order chi connectivity index (χ1) is 20.5. The van der Waals surface area contributed by atoms with Crippen LogP contribution < -0.4 is 0 Å². The summed E-state index contributed by atoms with van der Waals surface area (Å²) >= 11 is 0. The molecule has 0 saturated carbocycles. The predicted molar refractivity (Wildman–Crippen MR) is 162 cm³/mol. The summed E-state index contributed by atoms with van der Waals surface area (Å²) in [6, 6.07) is 37.6. The van der Waals surface area contributed by atoms with Gasteiger partial charge in [-0.15, -0.1) is 0 Å². The van der Waals surface area contributed by atoms with Crippen LogP contribution in [0.5, 0.6) is 0 Å². The standard InChI is InChI=1S/C36H21F3N2O/c37-36(38,39)26-14-16-27(17-15-26)41-34-31-8-4-2-6-29(31)28-5-1-3-7-30(28)33(34)40-35(41)23-11-9-22(10-12-23)24-13-18-32-25(21-24)19-20-42-32/h1-21H. The lowest BCUT2D eigenvalue weighted by atomic mass is 10.00. The molecule has 0 aliphatic carbocycles. The molecule has 0 amide bonds. The lowest BCUT2D eigenvalue weighted by Crippen LogP contribution is -2.05. The Bertz CT molecular complexity index is 2280. The molecular formula is C36H21F3N2O. The van der Waals surface area contributed by atoms with E-state index in [-0.39, 0.29) is 0 Å². The van der Waals surface area contributed by atoms with Gasteiger partial charge in [0.25, 0.3) is 0 Å². The summed E-state index contributed by atoms with van der Waals surface area (Å²) in [5, 5.41) is 5.14. The van der Waals surface area contributed by atoms with Crippen molar-refractivity contribution in [2.24, 2.45) is 0 Å². The number of rotatable bonds is 3. The van der Waals surface area contributed by atoms with E-state index in [4.69, 9.17) is 9.40 Å². The van der Waals surface area contributed by atoms with Gasteiger partial charge in [0.05, 0.1) is 22.9 Å². The lowest BCUT2D eigenvalue weighted by molar-refractivity contribution is -0.137. The van der Waals surface area contributed by atoms with Gasteiger partial charge in [-0.2, -0.15) is 13.2 Å². The summed E-state index contributed by atoms with van der Waals surface area (Å²) in [4.78, 5) is 5.17. The molecule has 8 aromatic rings. The second-order valence-corrected chi connectivity index (χ2v) is 10.4. The molecule has 42 heavy (non-hydrogen) atoms. The van der Waals surface area contributed by atoms with Crippen molar-refractivity contribution < 1.29 is 17.6 Å². The minimum absolute atomic E-state index is 0.607. The molecule has 6 heteroatoms. The van der Waals surface area contributed by atoms with Crippen molar-refractivity contribution in [1.82, 2.24) is 9.55 Å². The summed E-state index contributed by atoms with van der Waals surface area (Å²) in [6.45, 7) is 0. The van der Waals surface area contributed by atoms with Gasteiger partial charge in [-0.05, 0) is 64.4 Å². The number of hydrogen-bond acceptors (Lipinski definition) is 2. The Labute approximate surface area is 238 Å². The minimum Gasteiger partial charge on any atom is -0.464 e. The minimum atomic E-state index is -4.42. The molecule has 8 rings (SSSR count). The first kappa shape index (κ1) is 24.4. The van der Waals surface area contributed by atoms with Crippen molar-refractivity contribution in [2.45, 2.75) is 6.18 Å². The highest BCUT2D eigenvalue weighted by Gasteiger charge is 2.30. The molecule has 6 aromatic carbocycles. The van der Waals surface area contributed by atoms with Crippen molar-refractivity contribution in [3.05, 3.63) is 133 Å². The predicted octanol–water partition coefficient (Wildman–Crippen LogP) is 10.4. The molecule has 0 fully saturated rings. The van der Waals surface area contributed by atoms with Crippen LogP contribution in [-0.4, -0.2) is 9.55 Å². The maximum atomic E-state index is 13.5. The molecule has 202 valence electrons. The zero-order valence-electron chi connectivity index (χ0n) is 22.1. The molecule has 3 nitrogen and oxygen atoms in total. The van der Waals surface area contributed by atoms with Gasteiger partial charge >= 0.3 is 6.18 Å². The molecule has 2 heterocycles. The van der Waals surface area contributed by atoms with E-state index in [1.54, 1.807) is 6.26 Å². The zero-order valence-corrected chi connectivity index (χ0v) is 22.1. The van der Waals surface area contributed by atoms with Gasteiger partial charge in [0.2, 0.25) is 0 Å². The van der Waals surface area contributed by atoms with Crippen LogP contribution in [0, 0.1) is 0 Å². The van der Waals surface area contributed by atoms with Gasteiger partial charge in [-0.3, -0.25) is 4.57 Å². The highest BCUT2D eigenvalue weighted by Crippen LogP contribution is 2.40. The van der Waals surface area contributed by atoms with E-state index in [0.29, 0.717) is 11.5 Å². The van der Waals surface area contributed by atoms with E-state index in [9.17, 15) is 13.2 Å². The molecule has 0 radical (unpaired) electrons. The second-order valence-electron chi connectivity index (χ2n) is 10.4. The van der Waals surface area contributed by atoms with E-state index < -0.39 is 11.7 Å². The van der Waals surface area contributed by atoms with Gasteiger partial charge in [0, 0.05) is 27.4 Å². The van der Waals surface area contributed by atoms with Crippen LogP contribution in [-0.2, 0) is 6.18 Å². The number of alkyl halides is 3. The number of fused-ring (bicyclic) bond motifs is 7. The number of benzene rings is 6. The van der Waals surface area contributed by atoms with Gasteiger partial charge in [-0.25, -0.2) is 4.98 Å². The monoisotopic (exact) mass is 554 g/mol. The van der Waals surface area contributed by atoms with Crippen LogP contribution in [0.15, 0.2) is 132 Å². The number of hydrogen-bond donors (Lipinski definition) is 0. The summed E-state index contributed by atoms with van der Waals surface area (Å²) in [5.41, 5.74) is 5.36. The summed E-state index contributed by atoms with van der Waals surface area (Å²) < 4.78 is 47.9. The van der Waals surface area contributed by atoms with Crippen LogP contribution in [0.4, 0.5) is 13.2 Å². The quantitative estimate of drug-likeness (QED) is 0.203. The highest BCUT2D eigenvalue weighted by molar-refractivity contribution is 6.24. The number of nitrogens with zero attached hydrogens (tertiary/aromatic N) is 2. The van der Waals surface area contributed by atoms with Gasteiger partial charge in [0.15, 0.2) is 0 Å². The van der Waals surface area contributed by atoms with Crippen LogP contribution in [0.3, 0.4) is 0 Å².